The summed E-state index contributed by atoms with van der Waals surface area (Å²) in [7, 11) is 0. The minimum absolute atomic E-state index is 0.211. The summed E-state index contributed by atoms with van der Waals surface area (Å²) >= 11 is 0. The first-order chi connectivity index (χ1) is 5.61. The molecule has 0 radical (unpaired) electrons. The van der Waals surface area contributed by atoms with Crippen molar-refractivity contribution in [2.24, 2.45) is 0 Å². The van der Waals surface area contributed by atoms with Gasteiger partial charge in [-0.05, 0) is 20.8 Å². The highest BCUT2D eigenvalue weighted by molar-refractivity contribution is 4.80. The van der Waals surface area contributed by atoms with E-state index in [-0.39, 0.29) is 6.10 Å². The van der Waals surface area contributed by atoms with Crippen LogP contribution in [-0.4, -0.2) is 47.8 Å². The summed E-state index contributed by atoms with van der Waals surface area (Å²) in [5.41, 5.74) is 0. The number of nitrogens with one attached hydrogen (secondary N) is 1. The average Bonchev–Trinajstić information content (AvgIpc) is 2.13. The smallest absolute Gasteiger partial charge is 0.0791 e. The van der Waals surface area contributed by atoms with Gasteiger partial charge in [0.15, 0.2) is 0 Å². The molecule has 12 heavy (non-hydrogen) atoms. The molecule has 0 aromatic heterocycles. The third-order valence-corrected chi connectivity index (χ3v) is 2.47. The molecule has 2 atom stereocenters. The van der Waals surface area contributed by atoms with E-state index in [1.165, 1.54) is 0 Å². The van der Waals surface area contributed by atoms with E-state index in [1.54, 1.807) is 0 Å². The normalized spacial score (nSPS) is 33.8. The van der Waals surface area contributed by atoms with Crippen molar-refractivity contribution in [1.82, 2.24) is 10.2 Å². The number of hydrogen-bond donors (Lipinski definition) is 2. The molecular weight excluding hydrogens is 152 g/mol. The molecule has 1 saturated heterocycles. The zero-order chi connectivity index (χ0) is 9.14. The molecule has 0 amide bonds. The molecule has 2 N–H and O–H groups in total. The number of hydrogen-bond acceptors (Lipinski definition) is 3. The zero-order valence-corrected chi connectivity index (χ0v) is 8.25. The van der Waals surface area contributed by atoms with Crippen LogP contribution in [0.3, 0.4) is 0 Å². The van der Waals surface area contributed by atoms with Crippen LogP contribution in [0.2, 0.25) is 0 Å². The van der Waals surface area contributed by atoms with Crippen molar-refractivity contribution < 1.29 is 5.11 Å². The van der Waals surface area contributed by atoms with E-state index >= 15 is 0 Å². The Bertz CT molecular complexity index is 138. The van der Waals surface area contributed by atoms with E-state index in [4.69, 9.17) is 0 Å². The lowest BCUT2D eigenvalue weighted by Gasteiger charge is -2.31. The van der Waals surface area contributed by atoms with E-state index in [0.29, 0.717) is 12.1 Å². The molecule has 0 bridgehead atoms. The van der Waals surface area contributed by atoms with E-state index in [1.807, 2.05) is 0 Å². The monoisotopic (exact) mass is 172 g/mol. The quantitative estimate of drug-likeness (QED) is 0.586. The van der Waals surface area contributed by atoms with Crippen LogP contribution in [0.4, 0.5) is 0 Å². The minimum atomic E-state index is -0.211. The molecule has 1 heterocycles. The number of rotatable bonds is 1. The van der Waals surface area contributed by atoms with Gasteiger partial charge in [-0.25, -0.2) is 0 Å². The maximum Gasteiger partial charge on any atom is 0.0791 e. The first kappa shape index (κ1) is 9.96. The summed E-state index contributed by atoms with van der Waals surface area (Å²) < 4.78 is 0. The lowest BCUT2D eigenvalue weighted by Crippen LogP contribution is -2.43. The molecule has 0 aromatic carbocycles. The molecule has 0 aliphatic carbocycles. The maximum absolute atomic E-state index is 9.52. The zero-order valence-electron chi connectivity index (χ0n) is 8.25. The van der Waals surface area contributed by atoms with Crippen molar-refractivity contribution in [1.29, 1.82) is 0 Å². The van der Waals surface area contributed by atoms with Crippen LogP contribution in [0, 0.1) is 0 Å². The van der Waals surface area contributed by atoms with Gasteiger partial charge in [0.2, 0.25) is 0 Å². The summed E-state index contributed by atoms with van der Waals surface area (Å²) in [5.74, 6) is 0. The second-order valence-electron chi connectivity index (χ2n) is 3.95. The van der Waals surface area contributed by atoms with Gasteiger partial charge < -0.3 is 10.4 Å². The number of aliphatic hydroxyl groups is 1. The van der Waals surface area contributed by atoms with Crippen molar-refractivity contribution >= 4 is 0 Å². The third-order valence-electron chi connectivity index (χ3n) is 2.47. The lowest BCUT2D eigenvalue weighted by molar-refractivity contribution is 0.0934. The third kappa shape index (κ3) is 2.44. The molecule has 72 valence electrons. The fourth-order valence-corrected chi connectivity index (χ4v) is 1.78. The Balaban J connectivity index is 2.54. The highest BCUT2D eigenvalue weighted by Gasteiger charge is 2.22. The summed E-state index contributed by atoms with van der Waals surface area (Å²) in [4.78, 5) is 2.34. The van der Waals surface area contributed by atoms with Crippen molar-refractivity contribution in [2.75, 3.05) is 19.6 Å². The molecule has 1 aliphatic rings. The van der Waals surface area contributed by atoms with Crippen LogP contribution < -0.4 is 5.32 Å². The summed E-state index contributed by atoms with van der Waals surface area (Å²) in [5, 5.41) is 12.8. The second kappa shape index (κ2) is 4.21. The summed E-state index contributed by atoms with van der Waals surface area (Å²) in [6, 6.07) is 1.05. The molecule has 1 aliphatic heterocycles. The Morgan fingerprint density at radius 2 is 2.08 bits per heavy atom. The van der Waals surface area contributed by atoms with Gasteiger partial charge >= 0.3 is 0 Å². The van der Waals surface area contributed by atoms with E-state index in [2.05, 4.69) is 31.0 Å². The predicted octanol–water partition coefficient (Wildman–Crippen LogP) is 0.0494. The van der Waals surface area contributed by atoms with E-state index in [0.717, 1.165) is 19.6 Å². The number of β-amino-alcohol motifs (C(OH)–C–C–N with tert-alkyl or cyclic N) is 1. The van der Waals surface area contributed by atoms with Gasteiger partial charge in [-0.3, -0.25) is 4.90 Å². The van der Waals surface area contributed by atoms with Crippen molar-refractivity contribution in [3.05, 3.63) is 0 Å². The summed E-state index contributed by atoms with van der Waals surface area (Å²) in [6.45, 7) is 9.06. The molecule has 2 unspecified atom stereocenters. The average molecular weight is 172 g/mol. The Morgan fingerprint density at radius 3 is 2.67 bits per heavy atom. The van der Waals surface area contributed by atoms with Crippen LogP contribution >= 0.6 is 0 Å². The van der Waals surface area contributed by atoms with Crippen LogP contribution in [0.15, 0.2) is 0 Å². The van der Waals surface area contributed by atoms with Crippen LogP contribution in [0.5, 0.6) is 0 Å². The fourth-order valence-electron chi connectivity index (χ4n) is 1.78. The van der Waals surface area contributed by atoms with Crippen LogP contribution in [0.25, 0.3) is 0 Å². The van der Waals surface area contributed by atoms with Gasteiger partial charge in [0, 0.05) is 31.7 Å². The van der Waals surface area contributed by atoms with Gasteiger partial charge in [0.25, 0.3) is 0 Å². The molecule has 0 aromatic rings. The van der Waals surface area contributed by atoms with Gasteiger partial charge in [-0.2, -0.15) is 0 Å². The van der Waals surface area contributed by atoms with Crippen molar-refractivity contribution in [2.45, 2.75) is 39.0 Å². The highest BCUT2D eigenvalue weighted by atomic mass is 16.3. The van der Waals surface area contributed by atoms with Gasteiger partial charge in [0.05, 0.1) is 6.10 Å². The predicted molar refractivity (Wildman–Crippen MR) is 50.2 cm³/mol. The molecule has 3 nitrogen and oxygen atoms in total. The number of nitrogens with zero attached hydrogens (tertiary/aromatic N) is 1. The molecule has 3 heteroatoms. The first-order valence-electron chi connectivity index (χ1n) is 4.75. The maximum atomic E-state index is 9.52. The number of aliphatic hydroxyl groups excluding tert-OH is 1. The Morgan fingerprint density at radius 1 is 1.42 bits per heavy atom. The van der Waals surface area contributed by atoms with Gasteiger partial charge in [-0.1, -0.05) is 0 Å². The molecule has 0 spiro atoms. The van der Waals surface area contributed by atoms with Crippen LogP contribution in [-0.2, 0) is 0 Å². The standard InChI is InChI=1S/C9H20N2O/c1-7(2)11-6-9(12)5-10-4-8(11)3/h7-10,12H,4-6H2,1-3H3. The molecule has 0 saturated carbocycles. The Hall–Kier alpha value is -0.120. The first-order valence-corrected chi connectivity index (χ1v) is 4.75. The lowest BCUT2D eigenvalue weighted by atomic mass is 10.2. The fraction of sp³-hybridized carbons (Fsp3) is 1.00. The Labute approximate surface area is 74.8 Å². The largest absolute Gasteiger partial charge is 0.390 e. The molecular formula is C9H20N2O. The van der Waals surface area contributed by atoms with E-state index in [9.17, 15) is 5.11 Å². The van der Waals surface area contributed by atoms with Gasteiger partial charge in [0.1, 0.15) is 0 Å². The Kier molecular flexibility index (Phi) is 3.50. The minimum Gasteiger partial charge on any atom is -0.390 e. The SMILES string of the molecule is CC(C)N1CC(O)CNCC1C. The molecule has 1 rings (SSSR count). The van der Waals surface area contributed by atoms with Crippen LogP contribution in [0.1, 0.15) is 20.8 Å². The van der Waals surface area contributed by atoms with E-state index < -0.39 is 0 Å². The summed E-state index contributed by atoms with van der Waals surface area (Å²) in [6.07, 6.45) is -0.211. The second-order valence-corrected chi connectivity index (χ2v) is 3.95. The molecule has 1 fully saturated rings. The topological polar surface area (TPSA) is 35.5 Å². The van der Waals surface area contributed by atoms with Gasteiger partial charge in [-0.15, -0.1) is 0 Å². The highest BCUT2D eigenvalue weighted by Crippen LogP contribution is 2.08. The van der Waals surface area contributed by atoms with Crippen molar-refractivity contribution in [3.8, 4) is 0 Å². The van der Waals surface area contributed by atoms with Crippen molar-refractivity contribution in [3.63, 3.8) is 0 Å².